The standard InChI is InChI=1S/C27H30N2O3/c1-16-8-6-7-9-20(16)29-26(31)23-17(2)28-21-14-27(3,4)15-22(30)25(21)24(23)18-10-12-19(32-5)13-11-18/h6-13,24,28H,14-15H2,1-5H3,(H,29,31)/t24-/m1/s1. The summed E-state index contributed by atoms with van der Waals surface area (Å²) < 4.78 is 5.32. The minimum absolute atomic E-state index is 0.0956. The van der Waals surface area contributed by atoms with Crippen molar-refractivity contribution in [1.82, 2.24) is 5.32 Å². The predicted octanol–water partition coefficient (Wildman–Crippen LogP) is 5.25. The molecular formula is C27H30N2O3. The SMILES string of the molecule is COc1ccc([C@@H]2C(C(=O)Nc3ccccc3C)=C(C)NC3=C2C(=O)CC(C)(C)C3)cc1. The van der Waals surface area contributed by atoms with Gasteiger partial charge >= 0.3 is 0 Å². The fraction of sp³-hybridized carbons (Fsp3) is 0.333. The van der Waals surface area contributed by atoms with Gasteiger partial charge in [0, 0.05) is 40.6 Å². The average molecular weight is 431 g/mol. The van der Waals surface area contributed by atoms with E-state index in [9.17, 15) is 9.59 Å². The molecule has 5 heteroatoms. The van der Waals surface area contributed by atoms with Gasteiger partial charge in [0.2, 0.25) is 0 Å². The third-order valence-corrected chi connectivity index (χ3v) is 6.33. The third-order valence-electron chi connectivity index (χ3n) is 6.33. The van der Waals surface area contributed by atoms with E-state index < -0.39 is 5.92 Å². The van der Waals surface area contributed by atoms with Gasteiger partial charge < -0.3 is 15.4 Å². The van der Waals surface area contributed by atoms with E-state index in [1.54, 1.807) is 7.11 Å². The maximum atomic E-state index is 13.6. The van der Waals surface area contributed by atoms with Gasteiger partial charge in [-0.2, -0.15) is 0 Å². The maximum Gasteiger partial charge on any atom is 0.254 e. The highest BCUT2D eigenvalue weighted by molar-refractivity contribution is 6.10. The monoisotopic (exact) mass is 430 g/mol. The Kier molecular flexibility index (Phi) is 5.68. The molecule has 2 aromatic carbocycles. The first-order valence-electron chi connectivity index (χ1n) is 10.9. The summed E-state index contributed by atoms with van der Waals surface area (Å²) in [5, 5.41) is 6.47. The minimum atomic E-state index is -0.426. The second-order valence-corrected chi connectivity index (χ2v) is 9.47. The Bertz CT molecular complexity index is 1140. The molecule has 0 fully saturated rings. The average Bonchev–Trinajstić information content (AvgIpc) is 2.73. The van der Waals surface area contributed by atoms with E-state index in [-0.39, 0.29) is 17.1 Å². The number of nitrogens with one attached hydrogen (secondary N) is 2. The van der Waals surface area contributed by atoms with E-state index in [2.05, 4.69) is 24.5 Å². The number of ether oxygens (including phenoxy) is 1. The van der Waals surface area contributed by atoms with Crippen LogP contribution in [0.4, 0.5) is 5.69 Å². The van der Waals surface area contributed by atoms with Crippen LogP contribution in [-0.2, 0) is 9.59 Å². The number of dihydropyridines is 1. The molecule has 2 N–H and O–H groups in total. The molecule has 0 radical (unpaired) electrons. The molecule has 1 heterocycles. The van der Waals surface area contributed by atoms with Gasteiger partial charge in [0.05, 0.1) is 7.11 Å². The Balaban J connectivity index is 1.81. The number of Topliss-reactive ketones (excluding diaryl/α,β-unsaturated/α-hetero) is 1. The van der Waals surface area contributed by atoms with Gasteiger partial charge in [-0.1, -0.05) is 44.2 Å². The number of rotatable bonds is 4. The summed E-state index contributed by atoms with van der Waals surface area (Å²) in [6.45, 7) is 8.10. The van der Waals surface area contributed by atoms with Gasteiger partial charge in [-0.3, -0.25) is 9.59 Å². The predicted molar refractivity (Wildman–Crippen MR) is 126 cm³/mol. The number of allylic oxidation sites excluding steroid dienone is 3. The van der Waals surface area contributed by atoms with Crippen LogP contribution in [0.15, 0.2) is 71.1 Å². The normalized spacial score (nSPS) is 19.9. The first-order valence-corrected chi connectivity index (χ1v) is 10.9. The summed E-state index contributed by atoms with van der Waals surface area (Å²) >= 11 is 0. The summed E-state index contributed by atoms with van der Waals surface area (Å²) in [6.07, 6.45) is 1.23. The Morgan fingerprint density at radius 2 is 1.75 bits per heavy atom. The highest BCUT2D eigenvalue weighted by atomic mass is 16.5. The van der Waals surface area contributed by atoms with Crippen molar-refractivity contribution in [2.75, 3.05) is 12.4 Å². The van der Waals surface area contributed by atoms with Crippen LogP contribution in [0, 0.1) is 12.3 Å². The first kappa shape index (κ1) is 21.9. The number of amides is 1. The molecule has 1 atom stereocenters. The summed E-state index contributed by atoms with van der Waals surface area (Å²) in [5.74, 6) is 0.206. The van der Waals surface area contributed by atoms with E-state index in [1.165, 1.54) is 0 Å². The summed E-state index contributed by atoms with van der Waals surface area (Å²) in [4.78, 5) is 26.9. The van der Waals surface area contributed by atoms with Crippen molar-refractivity contribution in [3.63, 3.8) is 0 Å². The lowest BCUT2D eigenvalue weighted by molar-refractivity contribution is -0.118. The van der Waals surface area contributed by atoms with Crippen LogP contribution in [0.3, 0.4) is 0 Å². The van der Waals surface area contributed by atoms with Crippen LogP contribution in [0.2, 0.25) is 0 Å². The molecule has 2 aromatic rings. The quantitative estimate of drug-likeness (QED) is 0.696. The number of para-hydroxylation sites is 1. The second kappa shape index (κ2) is 8.30. The number of methoxy groups -OCH3 is 1. The van der Waals surface area contributed by atoms with Gasteiger partial charge in [-0.25, -0.2) is 0 Å². The van der Waals surface area contributed by atoms with Gasteiger partial charge in [-0.15, -0.1) is 0 Å². The van der Waals surface area contributed by atoms with Crippen molar-refractivity contribution in [2.24, 2.45) is 5.41 Å². The highest BCUT2D eigenvalue weighted by Crippen LogP contribution is 2.47. The lowest BCUT2D eigenvalue weighted by atomic mass is 9.68. The lowest BCUT2D eigenvalue weighted by Gasteiger charge is -2.39. The Labute approximate surface area is 189 Å². The molecule has 1 amide bonds. The van der Waals surface area contributed by atoms with Crippen LogP contribution >= 0.6 is 0 Å². The van der Waals surface area contributed by atoms with Crippen molar-refractivity contribution < 1.29 is 14.3 Å². The van der Waals surface area contributed by atoms with Crippen molar-refractivity contribution >= 4 is 17.4 Å². The molecule has 5 nitrogen and oxygen atoms in total. The van der Waals surface area contributed by atoms with Crippen LogP contribution < -0.4 is 15.4 Å². The highest BCUT2D eigenvalue weighted by Gasteiger charge is 2.42. The fourth-order valence-electron chi connectivity index (χ4n) is 4.77. The van der Waals surface area contributed by atoms with Gasteiger partial charge in [-0.05, 0) is 55.0 Å². The van der Waals surface area contributed by atoms with Crippen molar-refractivity contribution in [3.8, 4) is 5.75 Å². The van der Waals surface area contributed by atoms with E-state index in [0.717, 1.165) is 40.4 Å². The zero-order chi connectivity index (χ0) is 23.0. The minimum Gasteiger partial charge on any atom is -0.497 e. The first-order chi connectivity index (χ1) is 15.2. The summed E-state index contributed by atoms with van der Waals surface area (Å²) in [7, 11) is 1.62. The molecule has 32 heavy (non-hydrogen) atoms. The number of hydrogen-bond donors (Lipinski definition) is 2. The van der Waals surface area contributed by atoms with Crippen molar-refractivity contribution in [2.45, 2.75) is 46.5 Å². The number of carbonyl (C=O) groups excluding carboxylic acids is 2. The van der Waals surface area contributed by atoms with Crippen LogP contribution in [0.1, 0.15) is 50.7 Å². The molecule has 0 spiro atoms. The molecule has 0 unspecified atom stereocenters. The van der Waals surface area contributed by atoms with E-state index in [1.807, 2.05) is 62.4 Å². The number of aryl methyl sites for hydroxylation is 1. The Morgan fingerprint density at radius 3 is 2.41 bits per heavy atom. The van der Waals surface area contributed by atoms with Crippen LogP contribution in [-0.4, -0.2) is 18.8 Å². The fourth-order valence-corrected chi connectivity index (χ4v) is 4.77. The van der Waals surface area contributed by atoms with Gasteiger partial charge in [0.25, 0.3) is 5.91 Å². The molecule has 0 aromatic heterocycles. The molecule has 2 aliphatic rings. The van der Waals surface area contributed by atoms with Crippen molar-refractivity contribution in [1.29, 1.82) is 0 Å². The number of anilines is 1. The molecule has 0 saturated heterocycles. The van der Waals surface area contributed by atoms with Gasteiger partial charge in [0.1, 0.15) is 5.75 Å². The van der Waals surface area contributed by atoms with E-state index in [4.69, 9.17) is 4.74 Å². The third kappa shape index (κ3) is 4.07. The largest absolute Gasteiger partial charge is 0.497 e. The molecule has 0 bridgehead atoms. The van der Waals surface area contributed by atoms with Gasteiger partial charge in [0.15, 0.2) is 5.78 Å². The topological polar surface area (TPSA) is 67.4 Å². The smallest absolute Gasteiger partial charge is 0.254 e. The molecular weight excluding hydrogens is 400 g/mol. The second-order valence-electron chi connectivity index (χ2n) is 9.47. The zero-order valence-electron chi connectivity index (χ0n) is 19.3. The number of ketones is 1. The van der Waals surface area contributed by atoms with E-state index >= 15 is 0 Å². The molecule has 0 saturated carbocycles. The lowest BCUT2D eigenvalue weighted by Crippen LogP contribution is -2.39. The summed E-state index contributed by atoms with van der Waals surface area (Å²) in [5.41, 5.74) is 5.52. The number of benzene rings is 2. The Morgan fingerprint density at radius 1 is 1.06 bits per heavy atom. The Hall–Kier alpha value is -3.34. The van der Waals surface area contributed by atoms with Crippen molar-refractivity contribution in [3.05, 3.63) is 82.2 Å². The molecule has 1 aliphatic heterocycles. The number of carbonyl (C=O) groups is 2. The summed E-state index contributed by atoms with van der Waals surface area (Å²) in [6, 6.07) is 15.3. The van der Waals surface area contributed by atoms with Crippen LogP contribution in [0.25, 0.3) is 0 Å². The zero-order valence-corrected chi connectivity index (χ0v) is 19.3. The van der Waals surface area contributed by atoms with E-state index in [0.29, 0.717) is 17.6 Å². The van der Waals surface area contributed by atoms with Crippen LogP contribution in [0.5, 0.6) is 5.75 Å². The number of hydrogen-bond acceptors (Lipinski definition) is 4. The molecule has 4 rings (SSSR count). The maximum absolute atomic E-state index is 13.6. The molecule has 166 valence electrons. The molecule has 1 aliphatic carbocycles.